The summed E-state index contributed by atoms with van der Waals surface area (Å²) in [6.07, 6.45) is 3.03. The summed E-state index contributed by atoms with van der Waals surface area (Å²) in [5.41, 5.74) is 7.10. The molecule has 0 bridgehead atoms. The predicted molar refractivity (Wildman–Crippen MR) is 101 cm³/mol. The van der Waals surface area contributed by atoms with E-state index < -0.39 is 0 Å². The first-order valence-corrected chi connectivity index (χ1v) is 8.86. The number of aromatic amines is 1. The maximum Gasteiger partial charge on any atom is 0.127 e. The van der Waals surface area contributed by atoms with Crippen molar-refractivity contribution in [1.29, 1.82) is 0 Å². The van der Waals surface area contributed by atoms with E-state index in [0.29, 0.717) is 6.61 Å². The molecule has 128 valence electrons. The van der Waals surface area contributed by atoms with Gasteiger partial charge in [0, 0.05) is 5.56 Å². The summed E-state index contributed by atoms with van der Waals surface area (Å²) in [6.45, 7) is 6.66. The van der Waals surface area contributed by atoms with E-state index in [-0.39, 0.29) is 0 Å². The van der Waals surface area contributed by atoms with E-state index in [9.17, 15) is 0 Å². The summed E-state index contributed by atoms with van der Waals surface area (Å²) in [5, 5.41) is 3.37. The molecule has 0 spiro atoms. The number of nitrogens with one attached hydrogen (secondary N) is 2. The van der Waals surface area contributed by atoms with Gasteiger partial charge in [0.15, 0.2) is 0 Å². The van der Waals surface area contributed by atoms with Crippen LogP contribution in [0.1, 0.15) is 30.3 Å². The summed E-state index contributed by atoms with van der Waals surface area (Å²) in [7, 11) is 0. The van der Waals surface area contributed by atoms with Crippen LogP contribution >= 0.6 is 0 Å². The first kappa shape index (κ1) is 15.9. The minimum absolute atomic E-state index is 0.609. The lowest BCUT2D eigenvalue weighted by atomic mass is 9.93. The van der Waals surface area contributed by atoms with Crippen molar-refractivity contribution >= 4 is 0 Å². The number of hydrogen-bond acceptors (Lipinski definition) is 3. The highest BCUT2D eigenvalue weighted by molar-refractivity contribution is 5.78. The summed E-state index contributed by atoms with van der Waals surface area (Å²) < 4.78 is 5.93. The van der Waals surface area contributed by atoms with Crippen LogP contribution in [0.25, 0.3) is 22.4 Å². The van der Waals surface area contributed by atoms with Gasteiger partial charge in [-0.3, -0.25) is 0 Å². The van der Waals surface area contributed by atoms with E-state index in [1.165, 1.54) is 22.3 Å². The normalized spacial score (nSPS) is 12.4. The Morgan fingerprint density at radius 3 is 2.96 bits per heavy atom. The molecule has 0 unspecified atom stereocenters. The van der Waals surface area contributed by atoms with Gasteiger partial charge in [-0.05, 0) is 54.8 Å². The van der Waals surface area contributed by atoms with Crippen molar-refractivity contribution < 1.29 is 4.74 Å². The van der Waals surface area contributed by atoms with Crippen LogP contribution in [0, 0.1) is 6.92 Å². The van der Waals surface area contributed by atoms with Crippen LogP contribution < -0.4 is 10.1 Å². The fraction of sp³-hybridized carbons (Fsp3) is 0.286. The highest BCUT2D eigenvalue weighted by Gasteiger charge is 2.18. The largest absolute Gasteiger partial charge is 0.488 e. The molecule has 0 aliphatic carbocycles. The topological polar surface area (TPSA) is 49.9 Å². The summed E-state index contributed by atoms with van der Waals surface area (Å²) >= 11 is 0. The Bertz CT molecular complexity index is 898. The van der Waals surface area contributed by atoms with Gasteiger partial charge >= 0.3 is 0 Å². The number of hydrogen-bond donors (Lipinski definition) is 2. The van der Waals surface area contributed by atoms with Crippen LogP contribution in [0.5, 0.6) is 5.75 Å². The van der Waals surface area contributed by atoms with Gasteiger partial charge in [-0.25, -0.2) is 4.98 Å². The van der Waals surface area contributed by atoms with Crippen molar-refractivity contribution in [3.05, 3.63) is 59.5 Å². The van der Waals surface area contributed by atoms with E-state index >= 15 is 0 Å². The molecule has 0 amide bonds. The molecule has 4 rings (SSSR count). The molecule has 25 heavy (non-hydrogen) atoms. The van der Waals surface area contributed by atoms with Crippen LogP contribution in [0.2, 0.25) is 0 Å². The third-order valence-electron chi connectivity index (χ3n) is 4.57. The van der Waals surface area contributed by atoms with E-state index in [4.69, 9.17) is 4.74 Å². The summed E-state index contributed by atoms with van der Waals surface area (Å²) in [4.78, 5) is 7.88. The monoisotopic (exact) mass is 333 g/mol. The molecule has 2 heterocycles. The highest BCUT2D eigenvalue weighted by Crippen LogP contribution is 2.39. The molecular weight excluding hydrogens is 310 g/mol. The second-order valence-electron chi connectivity index (χ2n) is 6.58. The molecule has 0 saturated heterocycles. The Morgan fingerprint density at radius 1 is 1.16 bits per heavy atom. The van der Waals surface area contributed by atoms with Crippen molar-refractivity contribution in [3.8, 4) is 28.1 Å². The molecule has 0 atom stereocenters. The van der Waals surface area contributed by atoms with E-state index in [1.54, 1.807) is 0 Å². The number of aromatic nitrogens is 2. The van der Waals surface area contributed by atoms with Crippen LogP contribution in [-0.4, -0.2) is 16.5 Å². The van der Waals surface area contributed by atoms with Crippen molar-refractivity contribution in [2.75, 3.05) is 6.54 Å². The molecule has 2 N–H and O–H groups in total. The molecule has 1 aliphatic heterocycles. The number of fused-ring (bicyclic) bond motifs is 3. The molecule has 0 radical (unpaired) electrons. The zero-order valence-corrected chi connectivity index (χ0v) is 14.7. The maximum absolute atomic E-state index is 5.93. The Morgan fingerprint density at radius 2 is 2.08 bits per heavy atom. The van der Waals surface area contributed by atoms with Gasteiger partial charge in [-0.2, -0.15) is 0 Å². The number of nitrogens with zero attached hydrogens (tertiary/aromatic N) is 1. The third kappa shape index (κ3) is 3.17. The molecule has 2 aromatic carbocycles. The Balaban J connectivity index is 1.62. The molecule has 0 fully saturated rings. The Kier molecular flexibility index (Phi) is 4.28. The zero-order valence-electron chi connectivity index (χ0n) is 14.7. The molecule has 4 nitrogen and oxygen atoms in total. The molecular formula is C21H23N3O. The van der Waals surface area contributed by atoms with Crippen molar-refractivity contribution in [3.63, 3.8) is 0 Å². The fourth-order valence-corrected chi connectivity index (χ4v) is 3.26. The lowest BCUT2D eigenvalue weighted by Crippen LogP contribution is -2.14. The molecule has 1 aliphatic rings. The second-order valence-corrected chi connectivity index (χ2v) is 6.58. The van der Waals surface area contributed by atoms with Gasteiger partial charge in [0.1, 0.15) is 18.2 Å². The first-order chi connectivity index (χ1) is 12.2. The van der Waals surface area contributed by atoms with Gasteiger partial charge in [0.05, 0.1) is 18.4 Å². The van der Waals surface area contributed by atoms with Gasteiger partial charge in [-0.15, -0.1) is 0 Å². The second kappa shape index (κ2) is 6.73. The van der Waals surface area contributed by atoms with E-state index in [1.807, 2.05) is 6.20 Å². The average Bonchev–Trinajstić information content (AvgIpc) is 3.10. The van der Waals surface area contributed by atoms with E-state index in [0.717, 1.165) is 42.3 Å². The van der Waals surface area contributed by atoms with Crippen molar-refractivity contribution in [2.45, 2.75) is 33.4 Å². The summed E-state index contributed by atoms with van der Waals surface area (Å²) in [5.74, 6) is 1.94. The minimum atomic E-state index is 0.609. The number of aryl methyl sites for hydroxylation is 1. The highest BCUT2D eigenvalue weighted by atomic mass is 16.5. The van der Waals surface area contributed by atoms with Crippen molar-refractivity contribution in [2.24, 2.45) is 0 Å². The van der Waals surface area contributed by atoms with Gasteiger partial charge < -0.3 is 15.0 Å². The molecule has 0 saturated carbocycles. The number of ether oxygens (including phenoxy) is 1. The van der Waals surface area contributed by atoms with Gasteiger partial charge in [-0.1, -0.05) is 30.7 Å². The van der Waals surface area contributed by atoms with Gasteiger partial charge in [0.25, 0.3) is 0 Å². The number of imidazole rings is 1. The smallest absolute Gasteiger partial charge is 0.127 e. The zero-order chi connectivity index (χ0) is 17.2. The Hall–Kier alpha value is -2.59. The lowest BCUT2D eigenvalue weighted by Gasteiger charge is -2.21. The third-order valence-corrected chi connectivity index (χ3v) is 4.57. The average molecular weight is 333 g/mol. The summed E-state index contributed by atoms with van der Waals surface area (Å²) in [6, 6.07) is 12.9. The SMILES string of the molecule is CCCNCc1ncc(-c2ccc3c(c2)COc2ccc(C)cc2-3)[nH]1. The maximum atomic E-state index is 5.93. The van der Waals surface area contributed by atoms with E-state index in [2.05, 4.69) is 65.5 Å². The van der Waals surface area contributed by atoms with Crippen LogP contribution in [-0.2, 0) is 13.2 Å². The van der Waals surface area contributed by atoms with Crippen LogP contribution in [0.3, 0.4) is 0 Å². The number of H-pyrrole nitrogens is 1. The van der Waals surface area contributed by atoms with Crippen LogP contribution in [0.4, 0.5) is 0 Å². The Labute approximate surface area is 148 Å². The quantitative estimate of drug-likeness (QED) is 0.679. The predicted octanol–water partition coefficient (Wildman–Crippen LogP) is 4.44. The van der Waals surface area contributed by atoms with Crippen molar-refractivity contribution in [1.82, 2.24) is 15.3 Å². The standard InChI is InChI=1S/C21H23N3O/c1-3-8-22-12-21-23-11-19(24-21)15-5-6-17-16(10-15)13-25-20-7-4-14(2)9-18(17)20/h4-7,9-11,22H,3,8,12-13H2,1-2H3,(H,23,24). The minimum Gasteiger partial charge on any atom is -0.488 e. The molecule has 3 aromatic rings. The molecule has 1 aromatic heterocycles. The molecule has 4 heteroatoms. The van der Waals surface area contributed by atoms with Crippen LogP contribution in [0.15, 0.2) is 42.6 Å². The fourth-order valence-electron chi connectivity index (χ4n) is 3.26. The lowest BCUT2D eigenvalue weighted by molar-refractivity contribution is 0.302. The first-order valence-electron chi connectivity index (χ1n) is 8.86. The number of benzene rings is 2. The number of rotatable bonds is 5. The van der Waals surface area contributed by atoms with Gasteiger partial charge in [0.2, 0.25) is 0 Å².